The molecule has 0 aliphatic rings. The van der Waals surface area contributed by atoms with Crippen molar-refractivity contribution in [1.82, 2.24) is 0 Å². The molecule has 0 rings (SSSR count). The van der Waals surface area contributed by atoms with Gasteiger partial charge in [0.15, 0.2) is 0 Å². The fourth-order valence-corrected chi connectivity index (χ4v) is 0.984. The van der Waals surface area contributed by atoms with Crippen LogP contribution in [-0.4, -0.2) is 13.2 Å². The summed E-state index contributed by atoms with van der Waals surface area (Å²) >= 11 is 0. The predicted octanol–water partition coefficient (Wildman–Crippen LogP) is 2.85. The third-order valence-corrected chi connectivity index (χ3v) is 1.81. The van der Waals surface area contributed by atoms with E-state index in [2.05, 4.69) is 19.8 Å². The minimum absolute atomic E-state index is 0.427. The van der Waals surface area contributed by atoms with Crippen molar-refractivity contribution in [2.75, 3.05) is 13.2 Å². The number of ether oxygens (including phenoxy) is 1. The monoisotopic (exact) mass is 168 g/mol. The van der Waals surface area contributed by atoms with Crippen LogP contribution in [0.1, 0.15) is 39.5 Å². The first kappa shape index (κ1) is 11.5. The molecule has 1 atom stereocenters. The summed E-state index contributed by atoms with van der Waals surface area (Å²) < 4.78 is 5.35. The summed E-state index contributed by atoms with van der Waals surface area (Å²) in [6.07, 6.45) is 9.83. The molecule has 0 fully saturated rings. The Morgan fingerprint density at radius 3 is 2.67 bits per heavy atom. The Labute approximate surface area is 76.5 Å². The van der Waals surface area contributed by atoms with Gasteiger partial charge in [0.25, 0.3) is 0 Å². The van der Waals surface area contributed by atoms with Gasteiger partial charge in [0.2, 0.25) is 0 Å². The molecule has 1 heteroatoms. The van der Waals surface area contributed by atoms with Crippen LogP contribution < -0.4 is 0 Å². The highest BCUT2D eigenvalue weighted by Gasteiger charge is 1.95. The second-order valence-corrected chi connectivity index (χ2v) is 3.18. The Hall–Kier alpha value is -0.480. The summed E-state index contributed by atoms with van der Waals surface area (Å²) in [5.41, 5.74) is 0. The molecule has 0 saturated carbocycles. The molecule has 1 unspecified atom stereocenters. The van der Waals surface area contributed by atoms with Crippen LogP contribution in [0, 0.1) is 18.3 Å². The molecule has 0 spiro atoms. The van der Waals surface area contributed by atoms with Gasteiger partial charge in [0.05, 0.1) is 0 Å². The quantitative estimate of drug-likeness (QED) is 0.419. The van der Waals surface area contributed by atoms with Crippen LogP contribution in [0.3, 0.4) is 0 Å². The van der Waals surface area contributed by atoms with Gasteiger partial charge >= 0.3 is 0 Å². The molecule has 1 nitrogen and oxygen atoms in total. The number of hydrogen-bond donors (Lipinski definition) is 0. The van der Waals surface area contributed by atoms with Gasteiger partial charge in [-0.3, -0.25) is 0 Å². The van der Waals surface area contributed by atoms with Gasteiger partial charge in [-0.05, 0) is 25.7 Å². The largest absolute Gasteiger partial charge is 0.381 e. The maximum Gasteiger partial charge on any atom is 0.0466 e. The lowest BCUT2D eigenvalue weighted by molar-refractivity contribution is 0.130. The van der Waals surface area contributed by atoms with Gasteiger partial charge in [0, 0.05) is 19.1 Å². The van der Waals surface area contributed by atoms with Gasteiger partial charge in [-0.2, -0.15) is 0 Å². The minimum atomic E-state index is 0.427. The Morgan fingerprint density at radius 1 is 1.33 bits per heavy atom. The highest BCUT2D eigenvalue weighted by molar-refractivity contribution is 4.89. The molecule has 0 heterocycles. The Kier molecular flexibility index (Phi) is 8.27. The summed E-state index contributed by atoms with van der Waals surface area (Å²) in [4.78, 5) is 0. The summed E-state index contributed by atoms with van der Waals surface area (Å²) in [5, 5.41) is 0. The highest BCUT2D eigenvalue weighted by Crippen LogP contribution is 2.05. The maximum absolute atomic E-state index is 5.35. The lowest BCUT2D eigenvalue weighted by atomic mass is 10.1. The van der Waals surface area contributed by atoms with Crippen molar-refractivity contribution in [2.45, 2.75) is 39.5 Å². The number of rotatable bonds is 7. The molecule has 12 heavy (non-hydrogen) atoms. The van der Waals surface area contributed by atoms with Crippen LogP contribution in [0.25, 0.3) is 0 Å². The first-order valence-electron chi connectivity index (χ1n) is 4.85. The normalized spacial score (nSPS) is 12.4. The van der Waals surface area contributed by atoms with E-state index in [0.29, 0.717) is 5.92 Å². The minimum Gasteiger partial charge on any atom is -0.381 e. The molecule has 0 aromatic rings. The molecular weight excluding hydrogens is 148 g/mol. The van der Waals surface area contributed by atoms with Gasteiger partial charge in [0.1, 0.15) is 0 Å². The van der Waals surface area contributed by atoms with Crippen LogP contribution in [0.2, 0.25) is 0 Å². The van der Waals surface area contributed by atoms with E-state index < -0.39 is 0 Å². The molecule has 0 aliphatic carbocycles. The Bertz CT molecular complexity index is 123. The van der Waals surface area contributed by atoms with Crippen molar-refractivity contribution in [3.63, 3.8) is 0 Å². The Morgan fingerprint density at radius 2 is 2.08 bits per heavy atom. The Balaban J connectivity index is 2.96. The number of unbranched alkanes of at least 4 members (excludes halogenated alkanes) is 1. The summed E-state index contributed by atoms with van der Waals surface area (Å²) in [5.74, 6) is 3.15. The van der Waals surface area contributed by atoms with Crippen molar-refractivity contribution >= 4 is 0 Å². The van der Waals surface area contributed by atoms with E-state index in [1.54, 1.807) is 0 Å². The molecule has 0 aromatic heterocycles. The third kappa shape index (κ3) is 7.63. The van der Waals surface area contributed by atoms with Crippen molar-refractivity contribution < 1.29 is 4.74 Å². The first-order valence-corrected chi connectivity index (χ1v) is 4.85. The van der Waals surface area contributed by atoms with E-state index in [4.69, 9.17) is 11.2 Å². The van der Waals surface area contributed by atoms with Crippen molar-refractivity contribution in [1.29, 1.82) is 0 Å². The van der Waals surface area contributed by atoms with E-state index in [-0.39, 0.29) is 0 Å². The second kappa shape index (κ2) is 8.62. The van der Waals surface area contributed by atoms with Crippen LogP contribution in [0.15, 0.2) is 0 Å². The third-order valence-electron chi connectivity index (χ3n) is 1.81. The van der Waals surface area contributed by atoms with Gasteiger partial charge < -0.3 is 4.74 Å². The van der Waals surface area contributed by atoms with Crippen LogP contribution >= 0.6 is 0 Å². The average molecular weight is 168 g/mol. The van der Waals surface area contributed by atoms with Crippen molar-refractivity contribution in [3.05, 3.63) is 0 Å². The van der Waals surface area contributed by atoms with Gasteiger partial charge in [-0.1, -0.05) is 13.8 Å². The fourth-order valence-electron chi connectivity index (χ4n) is 0.984. The summed E-state index contributed by atoms with van der Waals surface area (Å²) in [7, 11) is 0. The molecule has 70 valence electrons. The van der Waals surface area contributed by atoms with Gasteiger partial charge in [-0.25, -0.2) is 0 Å². The zero-order chi connectivity index (χ0) is 9.23. The van der Waals surface area contributed by atoms with E-state index >= 15 is 0 Å². The topological polar surface area (TPSA) is 9.23 Å². The summed E-state index contributed by atoms with van der Waals surface area (Å²) in [6, 6.07) is 0. The second-order valence-electron chi connectivity index (χ2n) is 3.18. The molecule has 0 aliphatic heterocycles. The van der Waals surface area contributed by atoms with E-state index in [1.807, 2.05) is 0 Å². The fraction of sp³-hybridized carbons (Fsp3) is 0.818. The van der Waals surface area contributed by atoms with E-state index in [9.17, 15) is 0 Å². The van der Waals surface area contributed by atoms with Crippen molar-refractivity contribution in [3.8, 4) is 12.3 Å². The lowest BCUT2D eigenvalue weighted by Crippen LogP contribution is -1.97. The van der Waals surface area contributed by atoms with Crippen LogP contribution in [-0.2, 0) is 4.74 Å². The molecule has 0 radical (unpaired) electrons. The van der Waals surface area contributed by atoms with Crippen LogP contribution in [0.5, 0.6) is 0 Å². The highest BCUT2D eigenvalue weighted by atomic mass is 16.5. The predicted molar refractivity (Wildman–Crippen MR) is 53.0 cm³/mol. The van der Waals surface area contributed by atoms with E-state index in [1.165, 1.54) is 6.42 Å². The smallest absolute Gasteiger partial charge is 0.0466 e. The molecule has 0 bridgehead atoms. The molecular formula is C11H20O. The standard InChI is InChI=1S/C11H20O/c1-4-9-12-10-7-6-8-11(3)5-2/h2,11H,4,6-10H2,1,3H3. The van der Waals surface area contributed by atoms with Crippen molar-refractivity contribution in [2.24, 2.45) is 5.92 Å². The molecule has 0 amide bonds. The average Bonchev–Trinajstić information content (AvgIpc) is 2.10. The molecule has 0 aromatic carbocycles. The van der Waals surface area contributed by atoms with E-state index in [0.717, 1.165) is 32.5 Å². The lowest BCUT2D eigenvalue weighted by Gasteiger charge is -2.04. The molecule has 0 N–H and O–H groups in total. The maximum atomic E-state index is 5.35. The van der Waals surface area contributed by atoms with Crippen LogP contribution in [0.4, 0.5) is 0 Å². The van der Waals surface area contributed by atoms with Gasteiger partial charge in [-0.15, -0.1) is 12.3 Å². The summed E-state index contributed by atoms with van der Waals surface area (Å²) in [6.45, 7) is 6.00. The SMILES string of the molecule is C#CC(C)CCCCOCCC. The number of hydrogen-bond acceptors (Lipinski definition) is 1. The zero-order valence-corrected chi connectivity index (χ0v) is 8.31. The molecule has 0 saturated heterocycles. The first-order chi connectivity index (χ1) is 5.81. The number of terminal acetylenes is 1. The zero-order valence-electron chi connectivity index (χ0n) is 8.31.